The lowest BCUT2D eigenvalue weighted by Crippen LogP contribution is -2.15. The van der Waals surface area contributed by atoms with Gasteiger partial charge in [-0.2, -0.15) is 13.2 Å². The average Bonchev–Trinajstić information content (AvgIpc) is 3.31. The van der Waals surface area contributed by atoms with Gasteiger partial charge in [-0.25, -0.2) is 0 Å². The first kappa shape index (κ1) is 15.3. The molecule has 0 radical (unpaired) electrons. The highest BCUT2D eigenvalue weighted by molar-refractivity contribution is 6.03. The van der Waals surface area contributed by atoms with Crippen LogP contribution >= 0.6 is 0 Å². The number of rotatable bonds is 4. The van der Waals surface area contributed by atoms with Crippen molar-refractivity contribution in [3.8, 4) is 0 Å². The number of benzene rings is 1. The molecule has 1 aromatic carbocycles. The van der Waals surface area contributed by atoms with E-state index in [1.165, 1.54) is 18.3 Å². The van der Waals surface area contributed by atoms with Crippen LogP contribution in [0.1, 0.15) is 28.9 Å². The van der Waals surface area contributed by atoms with E-state index in [0.29, 0.717) is 6.04 Å². The second-order valence-electron chi connectivity index (χ2n) is 5.38. The van der Waals surface area contributed by atoms with Crippen LogP contribution in [0, 0.1) is 0 Å². The number of pyridine rings is 1. The molecule has 2 aromatic rings. The van der Waals surface area contributed by atoms with Gasteiger partial charge in [0.1, 0.15) is 5.69 Å². The molecule has 0 bridgehead atoms. The molecule has 1 amide bonds. The van der Waals surface area contributed by atoms with Crippen molar-refractivity contribution < 1.29 is 18.0 Å². The molecule has 7 heteroatoms. The van der Waals surface area contributed by atoms with Crippen molar-refractivity contribution in [1.82, 2.24) is 4.98 Å². The largest absolute Gasteiger partial charge is 0.416 e. The molecule has 4 nitrogen and oxygen atoms in total. The van der Waals surface area contributed by atoms with E-state index in [1.54, 1.807) is 12.1 Å². The molecular weight excluding hydrogens is 307 g/mol. The van der Waals surface area contributed by atoms with Gasteiger partial charge < -0.3 is 10.6 Å². The van der Waals surface area contributed by atoms with Gasteiger partial charge in [-0.1, -0.05) is 6.07 Å². The first-order valence-electron chi connectivity index (χ1n) is 7.13. The number of carbonyl (C=O) groups excluding carboxylic acids is 1. The molecular formula is C16H14F3N3O. The summed E-state index contributed by atoms with van der Waals surface area (Å²) in [4.78, 5) is 16.1. The predicted octanol–water partition coefficient (Wildman–Crippen LogP) is 3.93. The molecule has 2 N–H and O–H groups in total. The number of carbonyl (C=O) groups is 1. The Bertz CT molecular complexity index is 727. The standard InChI is InChI=1S/C16H14F3N3O/c17-16(18,19)10-2-1-3-12(8-10)22-15(23)14-9-13(6-7-20-14)21-11-4-5-11/h1-3,6-9,11H,4-5H2,(H,20,21)(H,22,23). The molecule has 3 rings (SSSR count). The van der Waals surface area contributed by atoms with E-state index in [9.17, 15) is 18.0 Å². The smallest absolute Gasteiger partial charge is 0.382 e. The van der Waals surface area contributed by atoms with Gasteiger partial charge in [0.2, 0.25) is 0 Å². The summed E-state index contributed by atoms with van der Waals surface area (Å²) in [5, 5.41) is 5.67. The lowest BCUT2D eigenvalue weighted by atomic mass is 10.2. The molecule has 1 aliphatic carbocycles. The second-order valence-corrected chi connectivity index (χ2v) is 5.38. The molecule has 120 valence electrons. The summed E-state index contributed by atoms with van der Waals surface area (Å²) in [6.45, 7) is 0. The third-order valence-corrected chi connectivity index (χ3v) is 3.39. The number of anilines is 2. The molecule has 23 heavy (non-hydrogen) atoms. The Balaban J connectivity index is 1.73. The van der Waals surface area contributed by atoms with E-state index in [0.717, 1.165) is 30.7 Å². The van der Waals surface area contributed by atoms with Crippen LogP contribution in [0.25, 0.3) is 0 Å². The molecule has 1 aromatic heterocycles. The van der Waals surface area contributed by atoms with Gasteiger partial charge in [0, 0.05) is 23.6 Å². The first-order valence-corrected chi connectivity index (χ1v) is 7.13. The number of halogens is 3. The lowest BCUT2D eigenvalue weighted by Gasteiger charge is -2.10. The summed E-state index contributed by atoms with van der Waals surface area (Å²) < 4.78 is 38.0. The fourth-order valence-electron chi connectivity index (χ4n) is 2.08. The van der Waals surface area contributed by atoms with E-state index < -0.39 is 17.6 Å². The van der Waals surface area contributed by atoms with E-state index in [2.05, 4.69) is 15.6 Å². The van der Waals surface area contributed by atoms with Crippen LogP contribution in [0.5, 0.6) is 0 Å². The van der Waals surface area contributed by atoms with Crippen molar-refractivity contribution in [3.63, 3.8) is 0 Å². The molecule has 1 aliphatic rings. The molecule has 0 saturated heterocycles. The molecule has 0 spiro atoms. The van der Waals surface area contributed by atoms with Crippen molar-refractivity contribution in [2.75, 3.05) is 10.6 Å². The van der Waals surface area contributed by atoms with Crippen molar-refractivity contribution in [1.29, 1.82) is 0 Å². The Morgan fingerprint density at radius 2 is 1.91 bits per heavy atom. The normalized spacial score (nSPS) is 14.4. The highest BCUT2D eigenvalue weighted by atomic mass is 19.4. The van der Waals surface area contributed by atoms with Crippen LogP contribution in [0.3, 0.4) is 0 Å². The van der Waals surface area contributed by atoms with Crippen LogP contribution in [0.2, 0.25) is 0 Å². The summed E-state index contributed by atoms with van der Waals surface area (Å²) in [6.07, 6.45) is -0.777. The van der Waals surface area contributed by atoms with Crippen molar-refractivity contribution >= 4 is 17.3 Å². The number of aromatic nitrogens is 1. The minimum absolute atomic E-state index is 0.0761. The summed E-state index contributed by atoms with van der Waals surface area (Å²) in [5.41, 5.74) is 0.185. The third kappa shape index (κ3) is 4.00. The Kier molecular flexibility index (Phi) is 3.94. The summed E-state index contributed by atoms with van der Waals surface area (Å²) in [6, 6.07) is 8.26. The average molecular weight is 321 g/mol. The fourth-order valence-corrected chi connectivity index (χ4v) is 2.08. The maximum atomic E-state index is 12.7. The van der Waals surface area contributed by atoms with Crippen LogP contribution in [-0.2, 0) is 6.18 Å². The van der Waals surface area contributed by atoms with Crippen LogP contribution in [-0.4, -0.2) is 16.9 Å². The SMILES string of the molecule is O=C(Nc1cccc(C(F)(F)F)c1)c1cc(NC2CC2)ccn1. The molecule has 0 aliphatic heterocycles. The van der Waals surface area contributed by atoms with E-state index >= 15 is 0 Å². The molecule has 0 atom stereocenters. The Morgan fingerprint density at radius 1 is 1.13 bits per heavy atom. The maximum absolute atomic E-state index is 12.7. The Morgan fingerprint density at radius 3 is 2.61 bits per heavy atom. The van der Waals surface area contributed by atoms with Gasteiger partial charge >= 0.3 is 6.18 Å². The Labute approximate surface area is 130 Å². The zero-order chi connectivity index (χ0) is 16.4. The van der Waals surface area contributed by atoms with Gasteiger partial charge in [-0.15, -0.1) is 0 Å². The monoisotopic (exact) mass is 321 g/mol. The number of alkyl halides is 3. The molecule has 1 heterocycles. The van der Waals surface area contributed by atoms with Gasteiger partial charge in [0.05, 0.1) is 5.56 Å². The minimum atomic E-state index is -4.45. The molecule has 1 saturated carbocycles. The maximum Gasteiger partial charge on any atom is 0.416 e. The highest BCUT2D eigenvalue weighted by Gasteiger charge is 2.30. The Hall–Kier alpha value is -2.57. The van der Waals surface area contributed by atoms with Crippen LogP contribution in [0.4, 0.5) is 24.5 Å². The molecule has 1 fully saturated rings. The summed E-state index contributed by atoms with van der Waals surface area (Å²) in [7, 11) is 0. The van der Waals surface area contributed by atoms with Crippen LogP contribution in [0.15, 0.2) is 42.6 Å². The lowest BCUT2D eigenvalue weighted by molar-refractivity contribution is -0.137. The molecule has 0 unspecified atom stereocenters. The second kappa shape index (κ2) is 5.91. The third-order valence-electron chi connectivity index (χ3n) is 3.39. The van der Waals surface area contributed by atoms with Gasteiger partial charge in [0.15, 0.2) is 0 Å². The number of hydrogen-bond donors (Lipinski definition) is 2. The van der Waals surface area contributed by atoms with Crippen molar-refractivity contribution in [2.45, 2.75) is 25.1 Å². The minimum Gasteiger partial charge on any atom is -0.382 e. The zero-order valence-corrected chi connectivity index (χ0v) is 12.0. The predicted molar refractivity (Wildman–Crippen MR) is 80.3 cm³/mol. The van der Waals surface area contributed by atoms with E-state index in [1.807, 2.05) is 0 Å². The topological polar surface area (TPSA) is 54.0 Å². The first-order chi connectivity index (χ1) is 10.9. The van der Waals surface area contributed by atoms with Crippen molar-refractivity contribution in [3.05, 3.63) is 53.9 Å². The van der Waals surface area contributed by atoms with Gasteiger partial charge in [-0.05, 0) is 43.2 Å². The van der Waals surface area contributed by atoms with Crippen LogP contribution < -0.4 is 10.6 Å². The summed E-state index contributed by atoms with van der Waals surface area (Å²) in [5.74, 6) is -0.552. The van der Waals surface area contributed by atoms with Gasteiger partial charge in [-0.3, -0.25) is 9.78 Å². The highest BCUT2D eigenvalue weighted by Crippen LogP contribution is 2.30. The number of nitrogens with one attached hydrogen (secondary N) is 2. The number of nitrogens with zero attached hydrogens (tertiary/aromatic N) is 1. The fraction of sp³-hybridized carbons (Fsp3) is 0.250. The zero-order valence-electron chi connectivity index (χ0n) is 12.0. The van der Waals surface area contributed by atoms with Crippen molar-refractivity contribution in [2.24, 2.45) is 0 Å². The summed E-state index contributed by atoms with van der Waals surface area (Å²) >= 11 is 0. The number of hydrogen-bond acceptors (Lipinski definition) is 3. The van der Waals surface area contributed by atoms with Gasteiger partial charge in [0.25, 0.3) is 5.91 Å². The number of amides is 1. The van der Waals surface area contributed by atoms with E-state index in [4.69, 9.17) is 0 Å². The quantitative estimate of drug-likeness (QED) is 0.897. The van der Waals surface area contributed by atoms with E-state index in [-0.39, 0.29) is 11.4 Å².